The van der Waals surface area contributed by atoms with Crippen LogP contribution in [-0.2, 0) is 13.6 Å². The Morgan fingerprint density at radius 3 is 2.79 bits per heavy atom. The van der Waals surface area contributed by atoms with Gasteiger partial charge in [0.15, 0.2) is 0 Å². The Morgan fingerprint density at radius 2 is 2.12 bits per heavy atom. The van der Waals surface area contributed by atoms with Crippen molar-refractivity contribution in [1.29, 1.82) is 5.26 Å². The molecule has 0 aliphatic heterocycles. The Labute approximate surface area is 141 Å². The van der Waals surface area contributed by atoms with E-state index in [1.807, 2.05) is 11.6 Å². The molecule has 24 heavy (non-hydrogen) atoms. The number of nitriles is 1. The lowest BCUT2D eigenvalue weighted by Crippen LogP contribution is -2.38. The van der Waals surface area contributed by atoms with Gasteiger partial charge in [-0.15, -0.1) is 0 Å². The summed E-state index contributed by atoms with van der Waals surface area (Å²) in [4.78, 5) is 16.8. The molecule has 0 bridgehead atoms. The molecular weight excluding hydrogens is 300 g/mol. The number of nitrogens with zero attached hydrogens (tertiary/aromatic N) is 4. The van der Waals surface area contributed by atoms with Crippen molar-refractivity contribution < 1.29 is 0 Å². The van der Waals surface area contributed by atoms with Crippen LogP contribution in [0.1, 0.15) is 44.2 Å². The van der Waals surface area contributed by atoms with Crippen LogP contribution in [0, 0.1) is 16.7 Å². The second-order valence-corrected chi connectivity index (χ2v) is 7.55. The van der Waals surface area contributed by atoms with Crippen LogP contribution in [0.5, 0.6) is 0 Å². The van der Waals surface area contributed by atoms with E-state index in [-0.39, 0.29) is 17.0 Å². The van der Waals surface area contributed by atoms with Crippen molar-refractivity contribution in [3.05, 3.63) is 50.8 Å². The van der Waals surface area contributed by atoms with Crippen molar-refractivity contribution in [2.24, 2.45) is 12.5 Å². The number of pyridine rings is 1. The second-order valence-electron chi connectivity index (χ2n) is 7.55. The molecule has 0 aromatic carbocycles. The molecular formula is C19H22N4O. The van der Waals surface area contributed by atoms with Gasteiger partial charge in [0.1, 0.15) is 0 Å². The van der Waals surface area contributed by atoms with Gasteiger partial charge in [-0.25, -0.2) is 4.79 Å². The van der Waals surface area contributed by atoms with E-state index in [1.165, 1.54) is 0 Å². The van der Waals surface area contributed by atoms with Gasteiger partial charge in [0.2, 0.25) is 0 Å². The fourth-order valence-electron chi connectivity index (χ4n) is 3.25. The highest BCUT2D eigenvalue weighted by atomic mass is 16.1. The van der Waals surface area contributed by atoms with E-state index in [0.29, 0.717) is 12.1 Å². The van der Waals surface area contributed by atoms with E-state index >= 15 is 0 Å². The first-order chi connectivity index (χ1) is 11.3. The van der Waals surface area contributed by atoms with Gasteiger partial charge < -0.3 is 0 Å². The molecule has 5 heteroatoms. The average molecular weight is 322 g/mol. The Hall–Kier alpha value is -2.61. The summed E-state index contributed by atoms with van der Waals surface area (Å²) in [6.07, 6.45) is 8.36. The van der Waals surface area contributed by atoms with Crippen molar-refractivity contribution in [2.45, 2.75) is 39.7 Å². The summed E-state index contributed by atoms with van der Waals surface area (Å²) in [5.74, 6) is 0.0666. The van der Waals surface area contributed by atoms with Crippen molar-refractivity contribution in [3.63, 3.8) is 0 Å². The molecule has 2 aromatic rings. The number of fused-ring (bicyclic) bond motifs is 1. The molecule has 1 aliphatic rings. The van der Waals surface area contributed by atoms with Crippen LogP contribution in [0.15, 0.2) is 23.3 Å². The summed E-state index contributed by atoms with van der Waals surface area (Å²) in [7, 11) is 1.81. The van der Waals surface area contributed by atoms with Crippen LogP contribution in [0.2, 0.25) is 0 Å². The van der Waals surface area contributed by atoms with E-state index in [1.54, 1.807) is 23.0 Å². The zero-order valence-electron chi connectivity index (χ0n) is 14.6. The van der Waals surface area contributed by atoms with Crippen molar-refractivity contribution in [3.8, 4) is 6.07 Å². The fourth-order valence-corrected chi connectivity index (χ4v) is 3.25. The maximum atomic E-state index is 12.6. The molecule has 124 valence electrons. The van der Waals surface area contributed by atoms with Gasteiger partial charge in [0.05, 0.1) is 22.3 Å². The highest BCUT2D eigenvalue weighted by Crippen LogP contribution is 2.25. The Bertz CT molecular complexity index is 996. The first-order valence-corrected chi connectivity index (χ1v) is 8.13. The summed E-state index contributed by atoms with van der Waals surface area (Å²) in [5.41, 5.74) is 1.59. The fraction of sp³-hybridized carbons (Fsp3) is 0.421. The lowest BCUT2D eigenvalue weighted by molar-refractivity contribution is 0.333. The average Bonchev–Trinajstić information content (AvgIpc) is 2.78. The van der Waals surface area contributed by atoms with E-state index < -0.39 is 0 Å². The minimum Gasteiger partial charge on any atom is -0.295 e. The van der Waals surface area contributed by atoms with Crippen molar-refractivity contribution >= 4 is 12.2 Å². The van der Waals surface area contributed by atoms with Crippen LogP contribution in [0.25, 0.3) is 12.2 Å². The SMILES string of the molecule is Cn1c2c(n(CC(C)(C)C)c1=O)=CCC(c1cnccc1C#N)C=2. The van der Waals surface area contributed by atoms with Crippen molar-refractivity contribution in [2.75, 3.05) is 0 Å². The first kappa shape index (κ1) is 16.3. The highest BCUT2D eigenvalue weighted by molar-refractivity contribution is 5.50. The maximum absolute atomic E-state index is 12.6. The van der Waals surface area contributed by atoms with Crippen LogP contribution in [-0.4, -0.2) is 14.1 Å². The molecule has 1 aliphatic carbocycles. The monoisotopic (exact) mass is 322 g/mol. The molecule has 2 aromatic heterocycles. The third kappa shape index (κ3) is 2.80. The topological polar surface area (TPSA) is 63.6 Å². The third-order valence-corrected chi connectivity index (χ3v) is 4.36. The molecule has 0 saturated carbocycles. The molecule has 1 unspecified atom stereocenters. The van der Waals surface area contributed by atoms with Gasteiger partial charge >= 0.3 is 5.69 Å². The molecule has 0 amide bonds. The molecule has 0 spiro atoms. The number of imidazole rings is 1. The van der Waals surface area contributed by atoms with Gasteiger partial charge in [0, 0.05) is 31.9 Å². The summed E-state index contributed by atoms with van der Waals surface area (Å²) >= 11 is 0. The van der Waals surface area contributed by atoms with Gasteiger partial charge in [-0.3, -0.25) is 14.1 Å². The van der Waals surface area contributed by atoms with Gasteiger partial charge in [-0.2, -0.15) is 5.26 Å². The summed E-state index contributed by atoms with van der Waals surface area (Å²) in [6.45, 7) is 7.06. The highest BCUT2D eigenvalue weighted by Gasteiger charge is 2.20. The van der Waals surface area contributed by atoms with Crippen LogP contribution in [0.4, 0.5) is 0 Å². The standard InChI is InChI=1S/C19H22N4O/c1-19(2,3)12-23-16-6-5-13(9-17(16)22(4)18(23)24)15-11-21-8-7-14(15)10-20/h6-9,11,13H,5,12H2,1-4H3. The minimum absolute atomic E-state index is 0.00904. The van der Waals surface area contributed by atoms with E-state index in [4.69, 9.17) is 0 Å². The van der Waals surface area contributed by atoms with Crippen LogP contribution >= 0.6 is 0 Å². The third-order valence-electron chi connectivity index (χ3n) is 4.36. The normalized spacial score (nSPS) is 16.7. The maximum Gasteiger partial charge on any atom is 0.328 e. The summed E-state index contributed by atoms with van der Waals surface area (Å²) < 4.78 is 3.56. The zero-order valence-corrected chi connectivity index (χ0v) is 14.6. The molecule has 0 radical (unpaired) electrons. The van der Waals surface area contributed by atoms with Crippen LogP contribution in [0.3, 0.4) is 0 Å². The Kier molecular flexibility index (Phi) is 3.92. The molecule has 1 atom stereocenters. The van der Waals surface area contributed by atoms with Crippen molar-refractivity contribution in [1.82, 2.24) is 14.1 Å². The predicted molar refractivity (Wildman–Crippen MR) is 93.6 cm³/mol. The minimum atomic E-state index is 0.00904. The predicted octanol–water partition coefficient (Wildman–Crippen LogP) is 1.25. The molecule has 3 rings (SSSR count). The quantitative estimate of drug-likeness (QED) is 0.836. The van der Waals surface area contributed by atoms with Gasteiger partial charge in [0.25, 0.3) is 0 Å². The molecule has 0 N–H and O–H groups in total. The van der Waals surface area contributed by atoms with E-state index in [0.717, 1.165) is 22.7 Å². The molecule has 5 nitrogen and oxygen atoms in total. The lowest BCUT2D eigenvalue weighted by Gasteiger charge is -2.19. The summed E-state index contributed by atoms with van der Waals surface area (Å²) in [5, 5.41) is 11.2. The van der Waals surface area contributed by atoms with E-state index in [9.17, 15) is 10.1 Å². The van der Waals surface area contributed by atoms with Gasteiger partial charge in [-0.1, -0.05) is 32.9 Å². The zero-order chi connectivity index (χ0) is 17.5. The lowest BCUT2D eigenvalue weighted by atomic mass is 9.91. The molecule has 0 saturated heterocycles. The molecule has 2 heterocycles. The number of rotatable bonds is 2. The van der Waals surface area contributed by atoms with Gasteiger partial charge in [-0.05, 0) is 23.5 Å². The second kappa shape index (κ2) is 5.79. The Morgan fingerprint density at radius 1 is 1.38 bits per heavy atom. The first-order valence-electron chi connectivity index (χ1n) is 8.13. The summed E-state index contributed by atoms with van der Waals surface area (Å²) in [6, 6.07) is 3.97. The number of hydrogen-bond donors (Lipinski definition) is 0. The number of aromatic nitrogens is 3. The van der Waals surface area contributed by atoms with Crippen LogP contribution < -0.4 is 16.4 Å². The Balaban J connectivity index is 2.15. The van der Waals surface area contributed by atoms with E-state index in [2.05, 4.69) is 44.0 Å². The largest absolute Gasteiger partial charge is 0.328 e. The smallest absolute Gasteiger partial charge is 0.295 e. The molecule has 0 fully saturated rings. The number of hydrogen-bond acceptors (Lipinski definition) is 3.